The van der Waals surface area contributed by atoms with Gasteiger partial charge < -0.3 is 15.2 Å². The van der Waals surface area contributed by atoms with Crippen LogP contribution in [-0.2, 0) is 4.74 Å². The molecule has 0 amide bonds. The summed E-state index contributed by atoms with van der Waals surface area (Å²) in [6, 6.07) is 3.41. The lowest BCUT2D eigenvalue weighted by Gasteiger charge is -2.26. The second-order valence-corrected chi connectivity index (χ2v) is 5.08. The number of ether oxygens (including phenoxy) is 2. The van der Waals surface area contributed by atoms with E-state index in [1.807, 2.05) is 0 Å². The standard InChI is InChI=1S/C13H16ClN5O2/c14-10-2-1-9-11(17-10)12(18-13(15)16-9)21-8-5-19-3-6-20-7-4-19/h1-2H,3-8H2,(H2,15,16,18). The number of anilines is 1. The van der Waals surface area contributed by atoms with Crippen LogP contribution in [0.15, 0.2) is 12.1 Å². The zero-order chi connectivity index (χ0) is 14.7. The molecule has 2 aromatic heterocycles. The highest BCUT2D eigenvalue weighted by molar-refractivity contribution is 6.29. The number of aromatic nitrogens is 3. The van der Waals surface area contributed by atoms with Crippen molar-refractivity contribution < 1.29 is 9.47 Å². The Bertz CT molecular complexity index is 633. The summed E-state index contributed by atoms with van der Waals surface area (Å²) >= 11 is 5.91. The third kappa shape index (κ3) is 3.49. The number of pyridine rings is 1. The number of rotatable bonds is 4. The van der Waals surface area contributed by atoms with Crippen LogP contribution in [0.25, 0.3) is 11.0 Å². The van der Waals surface area contributed by atoms with Gasteiger partial charge in [0.1, 0.15) is 11.8 Å². The van der Waals surface area contributed by atoms with Gasteiger partial charge in [0.25, 0.3) is 0 Å². The molecule has 7 nitrogen and oxygen atoms in total. The molecule has 0 unspecified atom stereocenters. The average molecular weight is 310 g/mol. The van der Waals surface area contributed by atoms with Crippen molar-refractivity contribution in [2.75, 3.05) is 45.2 Å². The van der Waals surface area contributed by atoms with Crippen molar-refractivity contribution in [3.05, 3.63) is 17.3 Å². The molecule has 3 rings (SSSR count). The molecule has 2 aromatic rings. The van der Waals surface area contributed by atoms with Gasteiger partial charge in [0.05, 0.1) is 18.7 Å². The first-order chi connectivity index (χ1) is 10.2. The van der Waals surface area contributed by atoms with E-state index in [1.165, 1.54) is 0 Å². The van der Waals surface area contributed by atoms with Gasteiger partial charge in [-0.25, -0.2) is 9.97 Å². The monoisotopic (exact) mass is 309 g/mol. The number of nitrogens with two attached hydrogens (primary N) is 1. The molecule has 0 aromatic carbocycles. The van der Waals surface area contributed by atoms with Gasteiger partial charge >= 0.3 is 0 Å². The molecule has 0 saturated carbocycles. The van der Waals surface area contributed by atoms with Crippen LogP contribution < -0.4 is 10.5 Å². The van der Waals surface area contributed by atoms with Gasteiger partial charge in [-0.2, -0.15) is 4.98 Å². The lowest BCUT2D eigenvalue weighted by Crippen LogP contribution is -2.38. The Morgan fingerprint density at radius 2 is 2.05 bits per heavy atom. The number of nitrogen functional groups attached to an aromatic ring is 1. The number of nitrogens with zero attached hydrogens (tertiary/aromatic N) is 4. The predicted octanol–water partition coefficient (Wildman–Crippen LogP) is 0.971. The normalized spacial score (nSPS) is 16.2. The fourth-order valence-electron chi connectivity index (χ4n) is 2.18. The van der Waals surface area contributed by atoms with E-state index in [-0.39, 0.29) is 5.95 Å². The molecule has 0 spiro atoms. The predicted molar refractivity (Wildman–Crippen MR) is 79.5 cm³/mol. The maximum atomic E-state index is 5.91. The second kappa shape index (κ2) is 6.38. The van der Waals surface area contributed by atoms with Crippen molar-refractivity contribution in [2.24, 2.45) is 0 Å². The van der Waals surface area contributed by atoms with E-state index in [4.69, 9.17) is 26.8 Å². The lowest BCUT2D eigenvalue weighted by atomic mass is 10.3. The Morgan fingerprint density at radius 1 is 1.24 bits per heavy atom. The summed E-state index contributed by atoms with van der Waals surface area (Å²) in [6.07, 6.45) is 0. The van der Waals surface area contributed by atoms with Gasteiger partial charge in [0, 0.05) is 19.6 Å². The van der Waals surface area contributed by atoms with Crippen LogP contribution >= 0.6 is 11.6 Å². The molecule has 2 N–H and O–H groups in total. The largest absolute Gasteiger partial charge is 0.475 e. The Hall–Kier alpha value is -1.70. The number of hydrogen-bond donors (Lipinski definition) is 1. The van der Waals surface area contributed by atoms with Crippen LogP contribution in [0.3, 0.4) is 0 Å². The maximum Gasteiger partial charge on any atom is 0.245 e. The smallest absolute Gasteiger partial charge is 0.245 e. The number of morpholine rings is 1. The minimum Gasteiger partial charge on any atom is -0.475 e. The van der Waals surface area contributed by atoms with Gasteiger partial charge in [-0.05, 0) is 12.1 Å². The Balaban J connectivity index is 1.71. The molecule has 112 valence electrons. The topological polar surface area (TPSA) is 86.4 Å². The van der Waals surface area contributed by atoms with Crippen molar-refractivity contribution in [1.82, 2.24) is 19.9 Å². The third-order valence-corrected chi connectivity index (χ3v) is 3.45. The summed E-state index contributed by atoms with van der Waals surface area (Å²) < 4.78 is 11.0. The van der Waals surface area contributed by atoms with Crippen molar-refractivity contribution >= 4 is 28.6 Å². The highest BCUT2D eigenvalue weighted by Crippen LogP contribution is 2.23. The van der Waals surface area contributed by atoms with Crippen LogP contribution in [0, 0.1) is 0 Å². The van der Waals surface area contributed by atoms with Crippen LogP contribution in [0.4, 0.5) is 5.95 Å². The van der Waals surface area contributed by atoms with Gasteiger partial charge in [0.15, 0.2) is 5.52 Å². The summed E-state index contributed by atoms with van der Waals surface area (Å²) in [5.74, 6) is 0.529. The fourth-order valence-corrected chi connectivity index (χ4v) is 2.33. The van der Waals surface area contributed by atoms with E-state index in [1.54, 1.807) is 12.1 Å². The molecule has 0 bridgehead atoms. The van der Waals surface area contributed by atoms with Crippen LogP contribution in [0.5, 0.6) is 5.88 Å². The molecule has 0 radical (unpaired) electrons. The highest BCUT2D eigenvalue weighted by Gasteiger charge is 2.12. The first kappa shape index (κ1) is 14.2. The summed E-state index contributed by atoms with van der Waals surface area (Å²) in [5.41, 5.74) is 6.83. The van der Waals surface area contributed by atoms with Crippen LogP contribution in [0.1, 0.15) is 0 Å². The zero-order valence-electron chi connectivity index (χ0n) is 11.5. The Kier molecular flexibility index (Phi) is 4.33. The molecular formula is C13H16ClN5O2. The molecule has 1 aliphatic heterocycles. The van der Waals surface area contributed by atoms with E-state index in [2.05, 4.69) is 19.9 Å². The van der Waals surface area contributed by atoms with E-state index in [0.29, 0.717) is 28.7 Å². The zero-order valence-corrected chi connectivity index (χ0v) is 12.2. The number of hydrogen-bond acceptors (Lipinski definition) is 7. The Morgan fingerprint density at radius 3 is 2.86 bits per heavy atom. The molecule has 21 heavy (non-hydrogen) atoms. The summed E-state index contributed by atoms with van der Waals surface area (Å²) in [5, 5.41) is 0.369. The van der Waals surface area contributed by atoms with Gasteiger partial charge in [-0.3, -0.25) is 4.90 Å². The molecule has 8 heteroatoms. The fraction of sp³-hybridized carbons (Fsp3) is 0.462. The van der Waals surface area contributed by atoms with Gasteiger partial charge in [0.2, 0.25) is 11.8 Å². The second-order valence-electron chi connectivity index (χ2n) is 4.69. The molecule has 0 aliphatic carbocycles. The van der Waals surface area contributed by atoms with Crippen molar-refractivity contribution in [3.63, 3.8) is 0 Å². The maximum absolute atomic E-state index is 5.91. The van der Waals surface area contributed by atoms with Crippen molar-refractivity contribution in [2.45, 2.75) is 0 Å². The van der Waals surface area contributed by atoms with Gasteiger partial charge in [-0.1, -0.05) is 11.6 Å². The number of halogens is 1. The minimum absolute atomic E-state index is 0.160. The van der Waals surface area contributed by atoms with E-state index in [9.17, 15) is 0 Å². The first-order valence-electron chi connectivity index (χ1n) is 6.75. The molecule has 3 heterocycles. The summed E-state index contributed by atoms with van der Waals surface area (Å²) in [7, 11) is 0. The molecular weight excluding hydrogens is 294 g/mol. The molecule has 1 saturated heterocycles. The molecule has 1 fully saturated rings. The van der Waals surface area contributed by atoms with Gasteiger partial charge in [-0.15, -0.1) is 0 Å². The van der Waals surface area contributed by atoms with E-state index in [0.717, 1.165) is 32.8 Å². The average Bonchev–Trinajstić information content (AvgIpc) is 2.49. The minimum atomic E-state index is 0.160. The Labute approximate surface area is 127 Å². The summed E-state index contributed by atoms with van der Waals surface area (Å²) in [4.78, 5) is 14.7. The van der Waals surface area contributed by atoms with Crippen LogP contribution in [0.2, 0.25) is 5.15 Å². The molecule has 1 aliphatic rings. The number of fused-ring (bicyclic) bond motifs is 1. The van der Waals surface area contributed by atoms with Crippen LogP contribution in [-0.4, -0.2) is 59.3 Å². The SMILES string of the molecule is Nc1nc(OCCN2CCOCC2)c2nc(Cl)ccc2n1. The van der Waals surface area contributed by atoms with Crippen molar-refractivity contribution in [1.29, 1.82) is 0 Å². The van der Waals surface area contributed by atoms with Crippen molar-refractivity contribution in [3.8, 4) is 5.88 Å². The van der Waals surface area contributed by atoms with E-state index < -0.39 is 0 Å². The molecule has 0 atom stereocenters. The quantitative estimate of drug-likeness (QED) is 0.842. The van der Waals surface area contributed by atoms with E-state index >= 15 is 0 Å². The first-order valence-corrected chi connectivity index (χ1v) is 7.13. The summed E-state index contributed by atoms with van der Waals surface area (Å²) in [6.45, 7) is 4.66. The lowest BCUT2D eigenvalue weighted by molar-refractivity contribution is 0.0321. The highest BCUT2D eigenvalue weighted by atomic mass is 35.5. The third-order valence-electron chi connectivity index (χ3n) is 3.24.